The van der Waals surface area contributed by atoms with Gasteiger partial charge < -0.3 is 9.47 Å². The molecule has 0 unspecified atom stereocenters. The molecule has 0 bridgehead atoms. The van der Waals surface area contributed by atoms with Crippen molar-refractivity contribution in [2.75, 3.05) is 7.11 Å². The van der Waals surface area contributed by atoms with Crippen LogP contribution in [0.5, 0.6) is 11.5 Å². The molecule has 0 fully saturated rings. The van der Waals surface area contributed by atoms with E-state index in [1.165, 1.54) is 25.4 Å². The summed E-state index contributed by atoms with van der Waals surface area (Å²) in [7, 11) is 3.18. The highest BCUT2D eigenvalue weighted by Gasteiger charge is 2.30. The molecule has 0 aliphatic carbocycles. The van der Waals surface area contributed by atoms with Gasteiger partial charge >= 0.3 is 6.18 Å². The fourth-order valence-electron chi connectivity index (χ4n) is 2.72. The number of benzene rings is 2. The molecule has 0 saturated heterocycles. The Labute approximate surface area is 171 Å². The van der Waals surface area contributed by atoms with Crippen molar-refractivity contribution < 1.29 is 27.4 Å². The highest BCUT2D eigenvalue weighted by atomic mass is 19.4. The van der Waals surface area contributed by atoms with Crippen molar-refractivity contribution in [1.29, 1.82) is 0 Å². The standard InChI is InChI=1S/C22H19F3N2O3/c1-27-13-17(12-26-27)19(28)8-6-15-7-9-20(21(11-15)29-2)30-14-16-4-3-5-18(10-16)22(23,24)25/h3-13H,14H2,1-2H3/b8-6+. The number of hydrogen-bond donors (Lipinski definition) is 0. The predicted molar refractivity (Wildman–Crippen MR) is 105 cm³/mol. The molecule has 1 aromatic heterocycles. The Morgan fingerprint density at radius 1 is 1.17 bits per heavy atom. The topological polar surface area (TPSA) is 53.3 Å². The number of rotatable bonds is 7. The first-order valence-corrected chi connectivity index (χ1v) is 8.94. The molecule has 0 N–H and O–H groups in total. The zero-order valence-corrected chi connectivity index (χ0v) is 16.3. The number of ether oxygens (including phenoxy) is 2. The van der Waals surface area contributed by atoms with Crippen LogP contribution in [0.1, 0.15) is 27.0 Å². The summed E-state index contributed by atoms with van der Waals surface area (Å²) in [6.45, 7) is -0.0467. The largest absolute Gasteiger partial charge is 0.493 e. The Kier molecular flexibility index (Phi) is 6.25. The van der Waals surface area contributed by atoms with Crippen LogP contribution in [0.3, 0.4) is 0 Å². The summed E-state index contributed by atoms with van der Waals surface area (Å²) in [6.07, 6.45) is 1.76. The molecule has 5 nitrogen and oxygen atoms in total. The van der Waals surface area contributed by atoms with Crippen LogP contribution < -0.4 is 9.47 Å². The van der Waals surface area contributed by atoms with Gasteiger partial charge in [0.15, 0.2) is 17.3 Å². The number of aromatic nitrogens is 2. The second-order valence-electron chi connectivity index (χ2n) is 6.50. The number of ketones is 1. The van der Waals surface area contributed by atoms with E-state index in [1.54, 1.807) is 48.3 Å². The molecule has 0 spiro atoms. The van der Waals surface area contributed by atoms with E-state index in [9.17, 15) is 18.0 Å². The second kappa shape index (κ2) is 8.86. The van der Waals surface area contributed by atoms with Crippen molar-refractivity contribution in [1.82, 2.24) is 9.78 Å². The van der Waals surface area contributed by atoms with E-state index in [4.69, 9.17) is 9.47 Å². The zero-order valence-electron chi connectivity index (χ0n) is 16.3. The summed E-state index contributed by atoms with van der Waals surface area (Å²) in [6, 6.07) is 9.99. The molecule has 1 heterocycles. The van der Waals surface area contributed by atoms with Gasteiger partial charge in [-0.05, 0) is 41.5 Å². The molecule has 3 aromatic rings. The fraction of sp³-hybridized carbons (Fsp3) is 0.182. The Balaban J connectivity index is 1.70. The van der Waals surface area contributed by atoms with Gasteiger partial charge in [0.25, 0.3) is 0 Å². The van der Waals surface area contributed by atoms with Gasteiger partial charge in [0.1, 0.15) is 6.61 Å². The van der Waals surface area contributed by atoms with Gasteiger partial charge in [-0.15, -0.1) is 0 Å². The summed E-state index contributed by atoms with van der Waals surface area (Å²) in [5.41, 5.74) is 0.838. The van der Waals surface area contributed by atoms with Crippen LogP contribution in [0.15, 0.2) is 60.9 Å². The molecule has 0 saturated carbocycles. The third kappa shape index (κ3) is 5.28. The lowest BCUT2D eigenvalue weighted by Gasteiger charge is -2.13. The lowest BCUT2D eigenvalue weighted by Crippen LogP contribution is -2.06. The van der Waals surface area contributed by atoms with E-state index >= 15 is 0 Å². The van der Waals surface area contributed by atoms with E-state index in [0.29, 0.717) is 28.2 Å². The number of halogens is 3. The molecule has 30 heavy (non-hydrogen) atoms. The summed E-state index contributed by atoms with van der Waals surface area (Å²) in [5.74, 6) is 0.593. The van der Waals surface area contributed by atoms with Gasteiger partial charge in [-0.25, -0.2) is 0 Å². The molecule has 3 rings (SSSR count). The number of aryl methyl sites for hydroxylation is 1. The van der Waals surface area contributed by atoms with Gasteiger partial charge in [-0.1, -0.05) is 24.3 Å². The third-order valence-electron chi connectivity index (χ3n) is 4.25. The molecule has 156 valence electrons. The number of alkyl halides is 3. The van der Waals surface area contributed by atoms with E-state index in [1.807, 2.05) is 0 Å². The van der Waals surface area contributed by atoms with Crippen LogP contribution >= 0.6 is 0 Å². The van der Waals surface area contributed by atoms with Gasteiger partial charge in [-0.3, -0.25) is 9.48 Å². The number of allylic oxidation sites excluding steroid dienone is 1. The van der Waals surface area contributed by atoms with E-state index < -0.39 is 11.7 Å². The Hall–Kier alpha value is -3.55. The molecule has 0 atom stereocenters. The minimum absolute atomic E-state index is 0.0467. The number of carbonyl (C=O) groups is 1. The van der Waals surface area contributed by atoms with Crippen LogP contribution in [0, 0.1) is 0 Å². The van der Waals surface area contributed by atoms with Gasteiger partial charge in [0.05, 0.1) is 24.4 Å². The SMILES string of the molecule is COc1cc(/C=C/C(=O)c2cnn(C)c2)ccc1OCc1cccc(C(F)(F)F)c1. The van der Waals surface area contributed by atoms with E-state index in [0.717, 1.165) is 12.1 Å². The Morgan fingerprint density at radius 2 is 1.97 bits per heavy atom. The highest BCUT2D eigenvalue weighted by molar-refractivity contribution is 6.06. The van der Waals surface area contributed by atoms with Crippen LogP contribution in [-0.2, 0) is 19.8 Å². The molecule has 0 amide bonds. The Morgan fingerprint density at radius 3 is 2.63 bits per heavy atom. The normalized spacial score (nSPS) is 11.6. The average Bonchev–Trinajstić information content (AvgIpc) is 3.16. The van der Waals surface area contributed by atoms with E-state index in [-0.39, 0.29) is 12.4 Å². The quantitative estimate of drug-likeness (QED) is 0.405. The van der Waals surface area contributed by atoms with Crippen molar-refractivity contribution in [2.24, 2.45) is 7.05 Å². The fourth-order valence-corrected chi connectivity index (χ4v) is 2.72. The molecular weight excluding hydrogens is 397 g/mol. The third-order valence-corrected chi connectivity index (χ3v) is 4.25. The molecular formula is C22H19F3N2O3. The monoisotopic (exact) mass is 416 g/mol. The van der Waals surface area contributed by atoms with E-state index in [2.05, 4.69) is 5.10 Å². The smallest absolute Gasteiger partial charge is 0.416 e. The minimum atomic E-state index is -4.41. The molecule has 0 radical (unpaired) electrons. The van der Waals surface area contributed by atoms with Gasteiger partial charge in [0.2, 0.25) is 0 Å². The first kappa shape index (κ1) is 21.2. The molecule has 2 aromatic carbocycles. The number of methoxy groups -OCH3 is 1. The summed E-state index contributed by atoms with van der Waals surface area (Å²) in [4.78, 5) is 12.1. The van der Waals surface area contributed by atoms with Crippen LogP contribution in [0.2, 0.25) is 0 Å². The maximum Gasteiger partial charge on any atom is 0.416 e. The van der Waals surface area contributed by atoms with Gasteiger partial charge in [-0.2, -0.15) is 18.3 Å². The second-order valence-corrected chi connectivity index (χ2v) is 6.50. The minimum Gasteiger partial charge on any atom is -0.493 e. The van der Waals surface area contributed by atoms with Crippen LogP contribution in [0.25, 0.3) is 6.08 Å². The summed E-state index contributed by atoms with van der Waals surface area (Å²) in [5, 5.41) is 3.96. The highest BCUT2D eigenvalue weighted by Crippen LogP contribution is 2.31. The van der Waals surface area contributed by atoms with Crippen LogP contribution in [0.4, 0.5) is 13.2 Å². The average molecular weight is 416 g/mol. The Bertz CT molecular complexity index is 1070. The maximum absolute atomic E-state index is 12.8. The maximum atomic E-state index is 12.8. The lowest BCUT2D eigenvalue weighted by molar-refractivity contribution is -0.137. The number of carbonyl (C=O) groups excluding carboxylic acids is 1. The predicted octanol–water partition coefficient (Wildman–Crippen LogP) is 4.92. The molecule has 0 aliphatic rings. The first-order valence-electron chi connectivity index (χ1n) is 8.94. The zero-order chi connectivity index (χ0) is 21.7. The molecule has 0 aliphatic heterocycles. The number of nitrogens with zero attached hydrogens (tertiary/aromatic N) is 2. The van der Waals surface area contributed by atoms with Crippen molar-refractivity contribution in [3.8, 4) is 11.5 Å². The summed E-state index contributed by atoms with van der Waals surface area (Å²) >= 11 is 0. The van der Waals surface area contributed by atoms with Crippen molar-refractivity contribution in [3.05, 3.63) is 83.2 Å². The number of hydrogen-bond acceptors (Lipinski definition) is 4. The van der Waals surface area contributed by atoms with Crippen molar-refractivity contribution >= 4 is 11.9 Å². The van der Waals surface area contributed by atoms with Crippen LogP contribution in [-0.4, -0.2) is 22.7 Å². The molecule has 8 heteroatoms. The van der Waals surface area contributed by atoms with Gasteiger partial charge in [0, 0.05) is 13.2 Å². The summed E-state index contributed by atoms with van der Waals surface area (Å²) < 4.78 is 51.0. The first-order chi connectivity index (χ1) is 14.3. The lowest BCUT2D eigenvalue weighted by atomic mass is 10.1. The van der Waals surface area contributed by atoms with Crippen molar-refractivity contribution in [3.63, 3.8) is 0 Å². The van der Waals surface area contributed by atoms with Crippen molar-refractivity contribution in [2.45, 2.75) is 12.8 Å².